The normalized spacial score (nSPS) is 18.4. The maximum atomic E-state index is 14.2. The molecule has 1 atom stereocenters. The Labute approximate surface area is 185 Å². The van der Waals surface area contributed by atoms with Crippen molar-refractivity contribution in [2.45, 2.75) is 50.6 Å². The SMILES string of the molecule is O=C(O)c1ccc(F)c2c1C[C@@H](N(CCCc1c[nH]c3ccc(F)cc13)C1CCC1)CO2. The third kappa shape index (κ3) is 3.86. The number of nitrogens with one attached hydrogen (secondary N) is 1. The number of hydrogen-bond acceptors (Lipinski definition) is 3. The largest absolute Gasteiger partial charge is 0.489 e. The fourth-order valence-electron chi connectivity index (χ4n) is 5.04. The van der Waals surface area contributed by atoms with E-state index in [4.69, 9.17) is 4.74 Å². The van der Waals surface area contributed by atoms with Gasteiger partial charge in [0.05, 0.1) is 5.56 Å². The lowest BCUT2D eigenvalue weighted by Gasteiger charge is -2.44. The van der Waals surface area contributed by atoms with Crippen molar-refractivity contribution in [1.82, 2.24) is 9.88 Å². The second-order valence-electron chi connectivity index (χ2n) is 8.81. The van der Waals surface area contributed by atoms with Gasteiger partial charge in [-0.3, -0.25) is 4.90 Å². The Bertz CT molecular complexity index is 1160. The predicted octanol–water partition coefficient (Wildman–Crippen LogP) is 4.94. The van der Waals surface area contributed by atoms with Gasteiger partial charge in [-0.05, 0) is 74.5 Å². The molecule has 0 saturated heterocycles. The molecule has 1 aliphatic carbocycles. The van der Waals surface area contributed by atoms with Gasteiger partial charge in [-0.2, -0.15) is 0 Å². The summed E-state index contributed by atoms with van der Waals surface area (Å²) in [6, 6.07) is 7.71. The van der Waals surface area contributed by atoms with E-state index in [9.17, 15) is 18.7 Å². The molecule has 1 saturated carbocycles. The minimum atomic E-state index is -1.06. The summed E-state index contributed by atoms with van der Waals surface area (Å²) in [7, 11) is 0. The molecule has 2 aromatic carbocycles. The van der Waals surface area contributed by atoms with E-state index in [0.29, 0.717) is 24.6 Å². The quantitative estimate of drug-likeness (QED) is 0.547. The molecule has 1 fully saturated rings. The van der Waals surface area contributed by atoms with E-state index in [-0.39, 0.29) is 23.2 Å². The monoisotopic (exact) mass is 440 g/mol. The van der Waals surface area contributed by atoms with Gasteiger partial charge in [0.25, 0.3) is 0 Å². The molecular weight excluding hydrogens is 414 g/mol. The van der Waals surface area contributed by atoms with Gasteiger partial charge in [0.15, 0.2) is 11.6 Å². The van der Waals surface area contributed by atoms with Crippen LogP contribution in [-0.2, 0) is 12.8 Å². The zero-order valence-electron chi connectivity index (χ0n) is 17.7. The number of carboxylic acids is 1. The van der Waals surface area contributed by atoms with Gasteiger partial charge >= 0.3 is 5.97 Å². The molecule has 32 heavy (non-hydrogen) atoms. The van der Waals surface area contributed by atoms with E-state index in [1.54, 1.807) is 12.1 Å². The molecule has 0 spiro atoms. The first-order chi connectivity index (χ1) is 15.5. The van der Waals surface area contributed by atoms with E-state index in [2.05, 4.69) is 9.88 Å². The summed E-state index contributed by atoms with van der Waals surface area (Å²) < 4.78 is 33.7. The molecule has 2 N–H and O–H groups in total. The van der Waals surface area contributed by atoms with Crippen LogP contribution < -0.4 is 4.74 Å². The molecule has 0 unspecified atom stereocenters. The van der Waals surface area contributed by atoms with Crippen LogP contribution in [-0.4, -0.2) is 46.2 Å². The summed E-state index contributed by atoms with van der Waals surface area (Å²) in [4.78, 5) is 17.3. The fourth-order valence-corrected chi connectivity index (χ4v) is 5.04. The average molecular weight is 440 g/mol. The Balaban J connectivity index is 1.32. The molecule has 2 heterocycles. The van der Waals surface area contributed by atoms with Crippen LogP contribution in [0, 0.1) is 11.6 Å². The Kier molecular flexibility index (Phi) is 5.59. The summed E-state index contributed by atoms with van der Waals surface area (Å²) in [5, 5.41) is 10.5. The first kappa shape index (κ1) is 20.9. The number of fused-ring (bicyclic) bond motifs is 2. The molecule has 0 bridgehead atoms. The predicted molar refractivity (Wildman–Crippen MR) is 117 cm³/mol. The highest BCUT2D eigenvalue weighted by molar-refractivity contribution is 5.90. The topological polar surface area (TPSA) is 65.6 Å². The lowest BCUT2D eigenvalue weighted by atomic mass is 9.87. The number of aromatic nitrogens is 1. The van der Waals surface area contributed by atoms with Crippen molar-refractivity contribution in [3.63, 3.8) is 0 Å². The molecule has 1 aromatic heterocycles. The number of aryl methyl sites for hydroxylation is 1. The van der Waals surface area contributed by atoms with Crippen LogP contribution in [0.25, 0.3) is 10.9 Å². The summed E-state index contributed by atoms with van der Waals surface area (Å²) in [6.45, 7) is 1.18. The summed E-state index contributed by atoms with van der Waals surface area (Å²) in [5.74, 6) is -1.73. The Hall–Kier alpha value is -2.93. The molecule has 0 radical (unpaired) electrons. The van der Waals surface area contributed by atoms with Crippen molar-refractivity contribution < 1.29 is 23.4 Å². The summed E-state index contributed by atoms with van der Waals surface area (Å²) in [6.07, 6.45) is 7.50. The number of carboxylic acid groups (broad SMARTS) is 1. The number of halogens is 2. The van der Waals surface area contributed by atoms with Crippen LogP contribution in [0.4, 0.5) is 8.78 Å². The van der Waals surface area contributed by atoms with Crippen LogP contribution in [0.2, 0.25) is 0 Å². The van der Waals surface area contributed by atoms with Crippen LogP contribution in [0.1, 0.15) is 47.2 Å². The zero-order chi connectivity index (χ0) is 22.2. The highest BCUT2D eigenvalue weighted by atomic mass is 19.1. The van der Waals surface area contributed by atoms with Gasteiger partial charge in [-0.1, -0.05) is 6.42 Å². The molecule has 2 aliphatic rings. The molecule has 168 valence electrons. The summed E-state index contributed by atoms with van der Waals surface area (Å²) >= 11 is 0. The highest BCUT2D eigenvalue weighted by Gasteiger charge is 2.35. The molecule has 3 aromatic rings. The lowest BCUT2D eigenvalue weighted by molar-refractivity contribution is 0.0417. The molecule has 1 aliphatic heterocycles. The van der Waals surface area contributed by atoms with Crippen molar-refractivity contribution in [3.05, 3.63) is 64.9 Å². The zero-order valence-corrected chi connectivity index (χ0v) is 17.7. The first-order valence-corrected chi connectivity index (χ1v) is 11.2. The van der Waals surface area contributed by atoms with Crippen LogP contribution in [0.5, 0.6) is 5.75 Å². The number of H-pyrrole nitrogens is 1. The van der Waals surface area contributed by atoms with Gasteiger partial charge in [0.1, 0.15) is 12.4 Å². The molecular formula is C25H26F2N2O3. The maximum absolute atomic E-state index is 14.2. The highest BCUT2D eigenvalue weighted by Crippen LogP contribution is 2.35. The van der Waals surface area contributed by atoms with E-state index >= 15 is 0 Å². The van der Waals surface area contributed by atoms with Crippen molar-refractivity contribution in [1.29, 1.82) is 0 Å². The third-order valence-electron chi connectivity index (χ3n) is 6.91. The van der Waals surface area contributed by atoms with E-state index < -0.39 is 11.8 Å². The lowest BCUT2D eigenvalue weighted by Crippen LogP contribution is -2.51. The Morgan fingerprint density at radius 3 is 2.78 bits per heavy atom. The van der Waals surface area contributed by atoms with E-state index in [1.165, 1.54) is 18.6 Å². The minimum absolute atomic E-state index is 0.00751. The number of nitrogens with zero attached hydrogens (tertiary/aromatic N) is 1. The van der Waals surface area contributed by atoms with Crippen LogP contribution in [0.3, 0.4) is 0 Å². The van der Waals surface area contributed by atoms with Gasteiger partial charge in [-0.25, -0.2) is 13.6 Å². The molecule has 0 amide bonds. The van der Waals surface area contributed by atoms with Gasteiger partial charge in [0.2, 0.25) is 0 Å². The van der Waals surface area contributed by atoms with Crippen LogP contribution >= 0.6 is 0 Å². The van der Waals surface area contributed by atoms with Crippen LogP contribution in [0.15, 0.2) is 36.5 Å². The smallest absolute Gasteiger partial charge is 0.336 e. The summed E-state index contributed by atoms with van der Waals surface area (Å²) in [5.41, 5.74) is 2.58. The molecule has 5 rings (SSSR count). The third-order valence-corrected chi connectivity index (χ3v) is 6.91. The number of carbonyl (C=O) groups is 1. The number of ether oxygens (including phenoxy) is 1. The maximum Gasteiger partial charge on any atom is 0.336 e. The fraction of sp³-hybridized carbons (Fsp3) is 0.400. The Morgan fingerprint density at radius 1 is 1.19 bits per heavy atom. The van der Waals surface area contributed by atoms with Crippen molar-refractivity contribution >= 4 is 16.9 Å². The van der Waals surface area contributed by atoms with Crippen molar-refractivity contribution in [2.75, 3.05) is 13.2 Å². The Morgan fingerprint density at radius 2 is 2.03 bits per heavy atom. The number of hydrogen-bond donors (Lipinski definition) is 2. The standard InChI is InChI=1S/C25H26F2N2O3/c26-16-6-9-23-20(11-16)15(13-28-23)3-2-10-29(17-4-1-5-17)18-12-21-19(25(30)31)7-8-22(27)24(21)32-14-18/h6-9,11,13,17-18,28H,1-5,10,12,14H2,(H,30,31)/t18-/m1/s1. The van der Waals surface area contributed by atoms with Gasteiger partial charge in [0, 0.05) is 34.7 Å². The number of benzene rings is 2. The molecule has 7 heteroatoms. The second-order valence-corrected chi connectivity index (χ2v) is 8.81. The first-order valence-electron chi connectivity index (χ1n) is 11.2. The molecule has 5 nitrogen and oxygen atoms in total. The number of aromatic amines is 1. The minimum Gasteiger partial charge on any atom is -0.489 e. The number of aromatic carboxylic acids is 1. The van der Waals surface area contributed by atoms with E-state index in [0.717, 1.165) is 54.8 Å². The average Bonchev–Trinajstić information content (AvgIpc) is 3.13. The van der Waals surface area contributed by atoms with Gasteiger partial charge in [-0.15, -0.1) is 0 Å². The van der Waals surface area contributed by atoms with Gasteiger partial charge < -0.3 is 14.8 Å². The van der Waals surface area contributed by atoms with E-state index in [1.807, 2.05) is 6.20 Å². The van der Waals surface area contributed by atoms with Crippen molar-refractivity contribution in [2.24, 2.45) is 0 Å². The second kappa shape index (κ2) is 8.54. The number of rotatable bonds is 7. The van der Waals surface area contributed by atoms with Crippen molar-refractivity contribution in [3.8, 4) is 5.75 Å².